The molecule has 0 bridgehead atoms. The Morgan fingerprint density at radius 1 is 1.36 bits per heavy atom. The number of nitrogens with one attached hydrogen (secondary N) is 1. The van der Waals surface area contributed by atoms with Crippen LogP contribution in [0.2, 0.25) is 5.02 Å². The summed E-state index contributed by atoms with van der Waals surface area (Å²) in [5, 5.41) is 3.55. The number of carbonyl (C=O) groups is 2. The Bertz CT molecular complexity index is 910. The number of anilines is 1. The SMILES string of the molecule is C[C@H]1CCc2c(C(=O)OCC(=O)Nc3ccc(Cl)c(C(F)(F)F)c3)csc2C1. The Morgan fingerprint density at radius 2 is 2.11 bits per heavy atom. The van der Waals surface area contributed by atoms with Crippen LogP contribution in [0.5, 0.6) is 0 Å². The van der Waals surface area contributed by atoms with Gasteiger partial charge in [-0.25, -0.2) is 4.79 Å². The Kier molecular flexibility index (Phi) is 6.00. The number of carbonyl (C=O) groups excluding carboxylic acids is 2. The molecule has 1 amide bonds. The van der Waals surface area contributed by atoms with Gasteiger partial charge in [-0.15, -0.1) is 11.3 Å². The van der Waals surface area contributed by atoms with Crippen LogP contribution < -0.4 is 5.32 Å². The summed E-state index contributed by atoms with van der Waals surface area (Å²) in [7, 11) is 0. The standard InChI is InChI=1S/C19H17ClF3NO3S/c1-10-2-4-12-13(9-28-16(12)6-10)18(26)27-8-17(25)24-11-3-5-15(20)14(7-11)19(21,22)23/h3,5,7,9-10H,2,4,6,8H2,1H3,(H,24,25)/t10-/m0/s1. The molecule has 9 heteroatoms. The predicted molar refractivity (Wildman–Crippen MR) is 101 cm³/mol. The van der Waals surface area contributed by atoms with Crippen molar-refractivity contribution in [1.82, 2.24) is 0 Å². The number of amides is 1. The Hall–Kier alpha value is -2.06. The van der Waals surface area contributed by atoms with Gasteiger partial charge in [-0.2, -0.15) is 13.2 Å². The highest BCUT2D eigenvalue weighted by Crippen LogP contribution is 2.36. The lowest BCUT2D eigenvalue weighted by atomic mass is 9.88. The lowest BCUT2D eigenvalue weighted by Crippen LogP contribution is -2.22. The highest BCUT2D eigenvalue weighted by molar-refractivity contribution is 7.10. The van der Waals surface area contributed by atoms with Gasteiger partial charge in [0, 0.05) is 15.9 Å². The van der Waals surface area contributed by atoms with Crippen LogP contribution in [-0.4, -0.2) is 18.5 Å². The third kappa shape index (κ3) is 4.67. The molecule has 28 heavy (non-hydrogen) atoms. The number of ether oxygens (including phenoxy) is 1. The van der Waals surface area contributed by atoms with Crippen LogP contribution >= 0.6 is 22.9 Å². The predicted octanol–water partition coefficient (Wildman–Crippen LogP) is 5.34. The summed E-state index contributed by atoms with van der Waals surface area (Å²) in [5.74, 6) is -0.766. The summed E-state index contributed by atoms with van der Waals surface area (Å²) in [6.07, 6.45) is -1.93. The van der Waals surface area contributed by atoms with Crippen molar-refractivity contribution in [2.24, 2.45) is 5.92 Å². The Labute approximate surface area is 168 Å². The fourth-order valence-electron chi connectivity index (χ4n) is 3.07. The quantitative estimate of drug-likeness (QED) is 0.665. The maximum atomic E-state index is 12.9. The molecule has 1 aromatic carbocycles. The highest BCUT2D eigenvalue weighted by atomic mass is 35.5. The van der Waals surface area contributed by atoms with E-state index >= 15 is 0 Å². The molecule has 150 valence electrons. The van der Waals surface area contributed by atoms with Gasteiger partial charge in [-0.1, -0.05) is 18.5 Å². The van der Waals surface area contributed by atoms with Crippen molar-refractivity contribution in [3.8, 4) is 0 Å². The van der Waals surface area contributed by atoms with Crippen LogP contribution in [0.4, 0.5) is 18.9 Å². The van der Waals surface area contributed by atoms with E-state index in [1.165, 1.54) is 17.4 Å². The zero-order chi connectivity index (χ0) is 20.5. The van der Waals surface area contributed by atoms with Crippen molar-refractivity contribution in [3.05, 3.63) is 50.2 Å². The normalized spacial score (nSPS) is 16.4. The van der Waals surface area contributed by atoms with Gasteiger partial charge in [0.05, 0.1) is 16.1 Å². The molecule has 1 aliphatic rings. The topological polar surface area (TPSA) is 55.4 Å². The van der Waals surface area contributed by atoms with E-state index in [4.69, 9.17) is 16.3 Å². The second kappa shape index (κ2) is 8.13. The summed E-state index contributed by atoms with van der Waals surface area (Å²) < 4.78 is 43.7. The van der Waals surface area contributed by atoms with Crippen LogP contribution in [0.1, 0.15) is 39.7 Å². The molecular formula is C19H17ClF3NO3S. The van der Waals surface area contributed by atoms with E-state index < -0.39 is 35.2 Å². The zero-order valence-corrected chi connectivity index (χ0v) is 16.4. The number of rotatable bonds is 4. The van der Waals surface area contributed by atoms with Crippen molar-refractivity contribution in [2.45, 2.75) is 32.4 Å². The largest absolute Gasteiger partial charge is 0.452 e. The zero-order valence-electron chi connectivity index (χ0n) is 14.9. The summed E-state index contributed by atoms with van der Waals surface area (Å²) in [6.45, 7) is 1.57. The van der Waals surface area contributed by atoms with E-state index in [1.807, 2.05) is 0 Å². The average molecular weight is 432 g/mol. The number of thiophene rings is 1. The first-order chi connectivity index (χ1) is 13.1. The maximum absolute atomic E-state index is 12.9. The number of halogens is 4. The molecule has 0 fully saturated rings. The molecule has 4 nitrogen and oxygen atoms in total. The first-order valence-electron chi connectivity index (χ1n) is 8.58. The van der Waals surface area contributed by atoms with E-state index in [1.54, 1.807) is 5.38 Å². The average Bonchev–Trinajstić information content (AvgIpc) is 3.03. The highest BCUT2D eigenvalue weighted by Gasteiger charge is 2.33. The second-order valence-electron chi connectivity index (χ2n) is 6.72. The van der Waals surface area contributed by atoms with Crippen molar-refractivity contribution in [3.63, 3.8) is 0 Å². The van der Waals surface area contributed by atoms with Crippen molar-refractivity contribution >= 4 is 40.5 Å². The minimum Gasteiger partial charge on any atom is -0.452 e. The number of hydrogen-bond acceptors (Lipinski definition) is 4. The fraction of sp³-hybridized carbons (Fsp3) is 0.368. The molecule has 0 saturated carbocycles. The Balaban J connectivity index is 1.60. The van der Waals surface area contributed by atoms with Crippen molar-refractivity contribution in [1.29, 1.82) is 0 Å². The van der Waals surface area contributed by atoms with E-state index in [0.29, 0.717) is 11.5 Å². The monoisotopic (exact) mass is 431 g/mol. The molecule has 1 aliphatic carbocycles. The van der Waals surface area contributed by atoms with Crippen molar-refractivity contribution < 1.29 is 27.5 Å². The summed E-state index contributed by atoms with van der Waals surface area (Å²) in [5.41, 5.74) is 0.300. The van der Waals surface area contributed by atoms with Gasteiger partial charge in [-0.3, -0.25) is 4.79 Å². The number of fused-ring (bicyclic) bond motifs is 1. The molecule has 0 saturated heterocycles. The van der Waals surface area contributed by atoms with Gasteiger partial charge in [-0.05, 0) is 48.9 Å². The lowest BCUT2D eigenvalue weighted by Gasteiger charge is -2.18. The molecule has 2 aromatic rings. The molecule has 1 aromatic heterocycles. The van der Waals surface area contributed by atoms with Crippen LogP contribution in [0.15, 0.2) is 23.6 Å². The molecule has 0 aliphatic heterocycles. The Morgan fingerprint density at radius 3 is 2.82 bits per heavy atom. The van der Waals surface area contributed by atoms with Crippen LogP contribution in [0.25, 0.3) is 0 Å². The summed E-state index contributed by atoms with van der Waals surface area (Å²) >= 11 is 7.05. The molecule has 0 spiro atoms. The summed E-state index contributed by atoms with van der Waals surface area (Å²) in [4.78, 5) is 25.4. The van der Waals surface area contributed by atoms with E-state index in [2.05, 4.69) is 12.2 Å². The number of benzene rings is 1. The summed E-state index contributed by atoms with van der Waals surface area (Å²) in [6, 6.07) is 3.02. The molecule has 0 unspecified atom stereocenters. The van der Waals surface area contributed by atoms with E-state index in [-0.39, 0.29) is 5.69 Å². The first kappa shape index (κ1) is 20.7. The van der Waals surface area contributed by atoms with Crippen LogP contribution in [0.3, 0.4) is 0 Å². The van der Waals surface area contributed by atoms with Gasteiger partial charge in [0.2, 0.25) is 0 Å². The smallest absolute Gasteiger partial charge is 0.417 e. The fourth-order valence-corrected chi connectivity index (χ4v) is 4.53. The molecular weight excluding hydrogens is 415 g/mol. The van der Waals surface area contributed by atoms with Gasteiger partial charge >= 0.3 is 12.1 Å². The minimum atomic E-state index is -4.64. The van der Waals surface area contributed by atoms with Crippen LogP contribution in [-0.2, 0) is 28.5 Å². The molecule has 3 rings (SSSR count). The molecule has 1 N–H and O–H groups in total. The maximum Gasteiger partial charge on any atom is 0.417 e. The molecule has 0 radical (unpaired) electrons. The first-order valence-corrected chi connectivity index (χ1v) is 9.84. The van der Waals surface area contributed by atoms with Gasteiger partial charge in [0.25, 0.3) is 5.91 Å². The van der Waals surface area contributed by atoms with E-state index in [0.717, 1.165) is 41.8 Å². The number of alkyl halides is 3. The van der Waals surface area contributed by atoms with Gasteiger partial charge < -0.3 is 10.1 Å². The van der Waals surface area contributed by atoms with Crippen LogP contribution in [0, 0.1) is 5.92 Å². The van der Waals surface area contributed by atoms with E-state index in [9.17, 15) is 22.8 Å². The van der Waals surface area contributed by atoms with Gasteiger partial charge in [0.15, 0.2) is 6.61 Å². The van der Waals surface area contributed by atoms with Gasteiger partial charge in [0.1, 0.15) is 0 Å². The lowest BCUT2D eigenvalue weighted by molar-refractivity contribution is -0.137. The third-order valence-corrected chi connectivity index (χ3v) is 5.89. The van der Waals surface area contributed by atoms with Crippen molar-refractivity contribution in [2.75, 3.05) is 11.9 Å². The second-order valence-corrected chi connectivity index (χ2v) is 8.09. The number of esters is 1. The molecule has 1 atom stereocenters. The number of hydrogen-bond donors (Lipinski definition) is 1. The third-order valence-electron chi connectivity index (χ3n) is 4.51. The minimum absolute atomic E-state index is 0.0836. The molecule has 1 heterocycles.